The summed E-state index contributed by atoms with van der Waals surface area (Å²) in [6.45, 7) is 4.99. The molecule has 0 N–H and O–H groups in total. The zero-order valence-electron chi connectivity index (χ0n) is 13.0. The Morgan fingerprint density at radius 2 is 1.91 bits per heavy atom. The number of alkyl halides is 3. The fraction of sp³-hybridized carbons (Fsp3) is 0.353. The highest BCUT2D eigenvalue weighted by atomic mass is 19.4. The Hall–Kier alpha value is -2.08. The standard InChI is InChI=1S/C17H19F3O3/c1-4-5-7-10-13(2)23-15(21)16(22-3,17(18,19)20)14-11-8-6-9-12-14/h4,6-13H,1,5H2,2-3H3/b10-7-/t13?,16-/m1/s1. The number of carbonyl (C=O) groups is 1. The quantitative estimate of drug-likeness (QED) is 0.557. The molecule has 0 amide bonds. The van der Waals surface area contributed by atoms with Gasteiger partial charge in [-0.1, -0.05) is 42.5 Å². The zero-order valence-corrected chi connectivity index (χ0v) is 13.0. The van der Waals surface area contributed by atoms with Crippen molar-refractivity contribution in [1.29, 1.82) is 0 Å². The van der Waals surface area contributed by atoms with Crippen molar-refractivity contribution in [3.8, 4) is 0 Å². The predicted octanol–water partition coefficient (Wildman–Crippen LogP) is 4.15. The Morgan fingerprint density at radius 1 is 1.30 bits per heavy atom. The third-order valence-electron chi connectivity index (χ3n) is 3.18. The summed E-state index contributed by atoms with van der Waals surface area (Å²) < 4.78 is 50.4. The van der Waals surface area contributed by atoms with Crippen LogP contribution in [0.4, 0.5) is 13.2 Å². The Balaban J connectivity index is 3.15. The first-order valence-electron chi connectivity index (χ1n) is 6.95. The fourth-order valence-electron chi connectivity index (χ4n) is 2.04. The van der Waals surface area contributed by atoms with Crippen LogP contribution in [0.15, 0.2) is 55.1 Å². The number of benzene rings is 1. The number of esters is 1. The molecule has 0 saturated heterocycles. The topological polar surface area (TPSA) is 35.5 Å². The van der Waals surface area contributed by atoms with Crippen molar-refractivity contribution >= 4 is 5.97 Å². The summed E-state index contributed by atoms with van der Waals surface area (Å²) in [5.41, 5.74) is -3.49. The van der Waals surface area contributed by atoms with Crippen LogP contribution in [0.5, 0.6) is 0 Å². The first-order valence-corrected chi connectivity index (χ1v) is 6.95. The van der Waals surface area contributed by atoms with E-state index < -0.39 is 23.9 Å². The molecule has 0 radical (unpaired) electrons. The van der Waals surface area contributed by atoms with Gasteiger partial charge in [0.05, 0.1) is 0 Å². The van der Waals surface area contributed by atoms with Crippen LogP contribution in [0, 0.1) is 0 Å². The van der Waals surface area contributed by atoms with E-state index >= 15 is 0 Å². The lowest BCUT2D eigenvalue weighted by atomic mass is 9.92. The monoisotopic (exact) mass is 328 g/mol. The number of allylic oxidation sites excluding steroid dienone is 2. The lowest BCUT2D eigenvalue weighted by Crippen LogP contribution is -2.52. The summed E-state index contributed by atoms with van der Waals surface area (Å²) in [5.74, 6) is -1.51. The minimum atomic E-state index is -4.97. The second kappa shape index (κ2) is 7.97. The molecule has 1 unspecified atom stereocenters. The molecule has 126 valence electrons. The van der Waals surface area contributed by atoms with E-state index in [4.69, 9.17) is 4.74 Å². The maximum Gasteiger partial charge on any atom is 0.432 e. The number of hydrogen-bond acceptors (Lipinski definition) is 3. The summed E-state index contributed by atoms with van der Waals surface area (Å²) in [5, 5.41) is 0. The number of carbonyl (C=O) groups excluding carboxylic acids is 1. The Morgan fingerprint density at radius 3 is 2.39 bits per heavy atom. The smallest absolute Gasteiger partial charge is 0.432 e. The first-order chi connectivity index (χ1) is 10.8. The molecule has 2 atom stereocenters. The number of ether oxygens (including phenoxy) is 2. The van der Waals surface area contributed by atoms with E-state index in [-0.39, 0.29) is 5.56 Å². The number of rotatable bonds is 7. The van der Waals surface area contributed by atoms with Crippen LogP contribution in [-0.2, 0) is 19.9 Å². The largest absolute Gasteiger partial charge is 0.456 e. The molecule has 6 heteroatoms. The highest BCUT2D eigenvalue weighted by molar-refractivity contribution is 5.83. The molecule has 0 aromatic heterocycles. The highest BCUT2D eigenvalue weighted by Crippen LogP contribution is 2.43. The maximum atomic E-state index is 13.6. The molecule has 0 aliphatic carbocycles. The van der Waals surface area contributed by atoms with Crippen LogP contribution in [-0.4, -0.2) is 25.4 Å². The number of hydrogen-bond donors (Lipinski definition) is 0. The molecule has 23 heavy (non-hydrogen) atoms. The SMILES string of the molecule is C=CC/C=C\C(C)OC(=O)[C@](OC)(c1ccccc1)C(F)(F)F. The Labute approximate surface area is 133 Å². The molecule has 1 aromatic rings. The minimum absolute atomic E-state index is 0.331. The van der Waals surface area contributed by atoms with Gasteiger partial charge in [0.2, 0.25) is 0 Å². The van der Waals surface area contributed by atoms with E-state index in [2.05, 4.69) is 11.3 Å². The summed E-state index contributed by atoms with van der Waals surface area (Å²) in [6.07, 6.45) is -0.524. The summed E-state index contributed by atoms with van der Waals surface area (Å²) in [4.78, 5) is 12.3. The van der Waals surface area contributed by atoms with Gasteiger partial charge in [-0.15, -0.1) is 6.58 Å². The minimum Gasteiger partial charge on any atom is -0.456 e. The van der Waals surface area contributed by atoms with Gasteiger partial charge in [0.25, 0.3) is 5.60 Å². The number of halogens is 3. The van der Waals surface area contributed by atoms with Crippen molar-refractivity contribution in [2.75, 3.05) is 7.11 Å². The van der Waals surface area contributed by atoms with Crippen molar-refractivity contribution in [3.63, 3.8) is 0 Å². The molecule has 0 spiro atoms. The van der Waals surface area contributed by atoms with Crippen LogP contribution < -0.4 is 0 Å². The molecule has 0 aliphatic rings. The van der Waals surface area contributed by atoms with Gasteiger partial charge in [0.15, 0.2) is 0 Å². The van der Waals surface area contributed by atoms with E-state index in [9.17, 15) is 18.0 Å². The van der Waals surface area contributed by atoms with Crippen molar-refractivity contribution in [2.24, 2.45) is 0 Å². The molecule has 0 fully saturated rings. The maximum absolute atomic E-state index is 13.6. The predicted molar refractivity (Wildman–Crippen MR) is 80.7 cm³/mol. The lowest BCUT2D eigenvalue weighted by molar-refractivity contribution is -0.277. The molecule has 0 aliphatic heterocycles. The zero-order chi connectivity index (χ0) is 17.5. The Bertz CT molecular complexity index is 552. The average molecular weight is 328 g/mol. The molecule has 3 nitrogen and oxygen atoms in total. The summed E-state index contributed by atoms with van der Waals surface area (Å²) >= 11 is 0. The summed E-state index contributed by atoms with van der Waals surface area (Å²) in [6, 6.07) is 6.70. The molecule has 0 bridgehead atoms. The molecule has 0 heterocycles. The summed E-state index contributed by atoms with van der Waals surface area (Å²) in [7, 11) is 0.833. The van der Waals surface area contributed by atoms with Crippen molar-refractivity contribution < 1.29 is 27.4 Å². The van der Waals surface area contributed by atoms with Crippen LogP contribution in [0.25, 0.3) is 0 Å². The van der Waals surface area contributed by atoms with E-state index in [1.807, 2.05) is 0 Å². The van der Waals surface area contributed by atoms with Crippen LogP contribution >= 0.6 is 0 Å². The van der Waals surface area contributed by atoms with Crippen LogP contribution in [0.2, 0.25) is 0 Å². The van der Waals surface area contributed by atoms with Gasteiger partial charge in [-0.3, -0.25) is 0 Å². The van der Waals surface area contributed by atoms with Gasteiger partial charge in [0.1, 0.15) is 6.10 Å². The van der Waals surface area contributed by atoms with Gasteiger partial charge in [-0.05, 0) is 19.4 Å². The van der Waals surface area contributed by atoms with Crippen molar-refractivity contribution in [3.05, 3.63) is 60.7 Å². The number of methoxy groups -OCH3 is 1. The van der Waals surface area contributed by atoms with Crippen molar-refractivity contribution in [2.45, 2.75) is 31.2 Å². The molecule has 1 rings (SSSR count). The van der Waals surface area contributed by atoms with E-state index in [1.54, 1.807) is 18.2 Å². The van der Waals surface area contributed by atoms with E-state index in [0.29, 0.717) is 6.42 Å². The fourth-order valence-corrected chi connectivity index (χ4v) is 2.04. The third-order valence-corrected chi connectivity index (χ3v) is 3.18. The Kier molecular flexibility index (Phi) is 6.57. The highest BCUT2D eigenvalue weighted by Gasteiger charge is 2.64. The lowest BCUT2D eigenvalue weighted by Gasteiger charge is -2.33. The van der Waals surface area contributed by atoms with Crippen LogP contribution in [0.1, 0.15) is 18.9 Å². The first kappa shape index (κ1) is 19.0. The third kappa shape index (κ3) is 4.22. The van der Waals surface area contributed by atoms with E-state index in [1.165, 1.54) is 37.3 Å². The molecular formula is C17H19F3O3. The second-order valence-corrected chi connectivity index (χ2v) is 4.81. The van der Waals surface area contributed by atoms with Gasteiger partial charge in [-0.25, -0.2) is 4.79 Å². The van der Waals surface area contributed by atoms with Gasteiger partial charge >= 0.3 is 12.1 Å². The van der Waals surface area contributed by atoms with Crippen LogP contribution in [0.3, 0.4) is 0 Å². The van der Waals surface area contributed by atoms with Gasteiger partial charge in [-0.2, -0.15) is 13.2 Å². The average Bonchev–Trinajstić information content (AvgIpc) is 2.48. The second-order valence-electron chi connectivity index (χ2n) is 4.81. The van der Waals surface area contributed by atoms with Crippen molar-refractivity contribution in [1.82, 2.24) is 0 Å². The van der Waals surface area contributed by atoms with Gasteiger partial charge < -0.3 is 9.47 Å². The molecule has 1 aromatic carbocycles. The van der Waals surface area contributed by atoms with E-state index in [0.717, 1.165) is 7.11 Å². The molecular weight excluding hydrogens is 309 g/mol. The van der Waals surface area contributed by atoms with Gasteiger partial charge in [0, 0.05) is 12.7 Å². The molecule has 0 saturated carbocycles. The normalized spacial score (nSPS) is 15.9.